The summed E-state index contributed by atoms with van der Waals surface area (Å²) >= 11 is 0. The molecular weight excluding hydrogens is 250 g/mol. The van der Waals surface area contributed by atoms with Crippen LogP contribution in [0.15, 0.2) is 30.7 Å². The van der Waals surface area contributed by atoms with Crippen LogP contribution in [-0.4, -0.2) is 14.5 Å². The first-order chi connectivity index (χ1) is 9.22. The fraction of sp³-hybridized carbons (Fsp3) is 0.385. The Morgan fingerprint density at radius 1 is 1.26 bits per heavy atom. The van der Waals surface area contributed by atoms with Crippen LogP contribution in [0.4, 0.5) is 8.78 Å². The Morgan fingerprint density at radius 2 is 2.11 bits per heavy atom. The smallest absolute Gasteiger partial charge is 0.304 e. The molecule has 0 atom stereocenters. The lowest BCUT2D eigenvalue weighted by Crippen LogP contribution is -2.18. The van der Waals surface area contributed by atoms with Crippen molar-refractivity contribution < 1.29 is 8.78 Å². The molecule has 0 aliphatic rings. The standard InChI is InChI=1S/C13H16F2N4/c1-2-10-4-3-5-17-11(10)8-16-9-12-18-6-7-19(12)13(14)15/h3-7,13,16H,2,8-9H2,1H3. The van der Waals surface area contributed by atoms with E-state index in [0.717, 1.165) is 22.2 Å². The highest BCUT2D eigenvalue weighted by molar-refractivity contribution is 5.19. The number of hydrogen-bond donors (Lipinski definition) is 1. The highest BCUT2D eigenvalue weighted by Crippen LogP contribution is 2.12. The van der Waals surface area contributed by atoms with Gasteiger partial charge in [0, 0.05) is 25.1 Å². The van der Waals surface area contributed by atoms with Crippen molar-refractivity contribution in [1.82, 2.24) is 19.9 Å². The van der Waals surface area contributed by atoms with Gasteiger partial charge in [0.25, 0.3) is 0 Å². The van der Waals surface area contributed by atoms with Gasteiger partial charge in [0.1, 0.15) is 5.82 Å². The summed E-state index contributed by atoms with van der Waals surface area (Å²) in [4.78, 5) is 8.20. The molecule has 0 aliphatic heterocycles. The lowest BCUT2D eigenvalue weighted by molar-refractivity contribution is 0.0666. The van der Waals surface area contributed by atoms with Crippen LogP contribution in [0.2, 0.25) is 0 Å². The van der Waals surface area contributed by atoms with Gasteiger partial charge < -0.3 is 5.32 Å². The number of rotatable bonds is 6. The van der Waals surface area contributed by atoms with Crippen LogP contribution < -0.4 is 5.32 Å². The lowest BCUT2D eigenvalue weighted by atomic mass is 10.1. The molecule has 0 radical (unpaired) electrons. The number of halogens is 2. The molecule has 102 valence electrons. The molecule has 0 spiro atoms. The van der Waals surface area contributed by atoms with E-state index in [4.69, 9.17) is 0 Å². The molecule has 0 amide bonds. The molecule has 19 heavy (non-hydrogen) atoms. The van der Waals surface area contributed by atoms with Gasteiger partial charge in [-0.05, 0) is 18.1 Å². The average Bonchev–Trinajstić information content (AvgIpc) is 2.88. The monoisotopic (exact) mass is 266 g/mol. The van der Waals surface area contributed by atoms with Crippen molar-refractivity contribution in [2.75, 3.05) is 0 Å². The van der Waals surface area contributed by atoms with Crippen LogP contribution >= 0.6 is 0 Å². The van der Waals surface area contributed by atoms with E-state index < -0.39 is 6.55 Å². The van der Waals surface area contributed by atoms with Crippen LogP contribution in [0, 0.1) is 0 Å². The number of aryl methyl sites for hydroxylation is 1. The van der Waals surface area contributed by atoms with E-state index in [9.17, 15) is 8.78 Å². The van der Waals surface area contributed by atoms with E-state index >= 15 is 0 Å². The van der Waals surface area contributed by atoms with Gasteiger partial charge in [0.15, 0.2) is 0 Å². The normalized spacial score (nSPS) is 11.2. The van der Waals surface area contributed by atoms with Gasteiger partial charge in [-0.2, -0.15) is 8.78 Å². The summed E-state index contributed by atoms with van der Waals surface area (Å²) in [6.45, 7) is 0.335. The molecular formula is C13H16F2N4. The summed E-state index contributed by atoms with van der Waals surface area (Å²) < 4.78 is 26.1. The molecule has 0 unspecified atom stereocenters. The topological polar surface area (TPSA) is 42.7 Å². The van der Waals surface area contributed by atoms with Gasteiger partial charge in [0.05, 0.1) is 12.2 Å². The van der Waals surface area contributed by atoms with Crippen molar-refractivity contribution in [1.29, 1.82) is 0 Å². The summed E-state index contributed by atoms with van der Waals surface area (Å²) in [5.74, 6) is 0.323. The zero-order valence-electron chi connectivity index (χ0n) is 10.7. The second kappa shape index (κ2) is 6.38. The van der Waals surface area contributed by atoms with Crippen molar-refractivity contribution in [2.24, 2.45) is 0 Å². The molecule has 0 bridgehead atoms. The quantitative estimate of drug-likeness (QED) is 0.873. The predicted octanol–water partition coefficient (Wildman–Crippen LogP) is 2.53. The van der Waals surface area contributed by atoms with E-state index in [1.807, 2.05) is 12.1 Å². The third kappa shape index (κ3) is 3.35. The van der Waals surface area contributed by atoms with Crippen molar-refractivity contribution in [3.8, 4) is 0 Å². The third-order valence-corrected chi connectivity index (χ3v) is 2.90. The summed E-state index contributed by atoms with van der Waals surface area (Å²) in [6, 6.07) is 3.91. The van der Waals surface area contributed by atoms with E-state index in [0.29, 0.717) is 12.4 Å². The van der Waals surface area contributed by atoms with Crippen molar-refractivity contribution in [2.45, 2.75) is 33.0 Å². The van der Waals surface area contributed by atoms with Gasteiger partial charge in [-0.3, -0.25) is 9.55 Å². The molecule has 2 heterocycles. The maximum absolute atomic E-state index is 12.6. The van der Waals surface area contributed by atoms with Crippen LogP contribution in [0.25, 0.3) is 0 Å². The lowest BCUT2D eigenvalue weighted by Gasteiger charge is -2.09. The van der Waals surface area contributed by atoms with E-state index in [1.165, 1.54) is 12.4 Å². The van der Waals surface area contributed by atoms with E-state index in [1.54, 1.807) is 6.20 Å². The van der Waals surface area contributed by atoms with Gasteiger partial charge in [-0.15, -0.1) is 0 Å². The molecule has 2 aromatic rings. The number of hydrogen-bond acceptors (Lipinski definition) is 3. The maximum atomic E-state index is 12.6. The number of nitrogens with one attached hydrogen (secondary N) is 1. The summed E-state index contributed by atoms with van der Waals surface area (Å²) in [7, 11) is 0. The molecule has 2 aromatic heterocycles. The first-order valence-electron chi connectivity index (χ1n) is 6.15. The number of alkyl halides is 2. The number of imidazole rings is 1. The van der Waals surface area contributed by atoms with Crippen LogP contribution in [0.3, 0.4) is 0 Å². The van der Waals surface area contributed by atoms with E-state index in [2.05, 4.69) is 22.2 Å². The maximum Gasteiger partial charge on any atom is 0.319 e. The molecule has 1 N–H and O–H groups in total. The summed E-state index contributed by atoms with van der Waals surface area (Å²) in [5.41, 5.74) is 2.10. The largest absolute Gasteiger partial charge is 0.319 e. The Bertz CT molecular complexity index is 525. The number of aromatic nitrogens is 3. The Morgan fingerprint density at radius 3 is 2.84 bits per heavy atom. The minimum absolute atomic E-state index is 0.289. The molecule has 0 saturated heterocycles. The highest BCUT2D eigenvalue weighted by atomic mass is 19.3. The Hall–Kier alpha value is -1.82. The average molecular weight is 266 g/mol. The van der Waals surface area contributed by atoms with Gasteiger partial charge in [-0.25, -0.2) is 4.98 Å². The molecule has 0 aromatic carbocycles. The second-order valence-electron chi connectivity index (χ2n) is 4.09. The fourth-order valence-corrected chi connectivity index (χ4v) is 1.90. The van der Waals surface area contributed by atoms with Crippen LogP contribution in [0.5, 0.6) is 0 Å². The first-order valence-corrected chi connectivity index (χ1v) is 6.15. The van der Waals surface area contributed by atoms with Gasteiger partial charge in [-0.1, -0.05) is 13.0 Å². The molecule has 0 saturated carbocycles. The SMILES string of the molecule is CCc1cccnc1CNCc1nccn1C(F)F. The minimum Gasteiger partial charge on any atom is -0.304 e. The van der Waals surface area contributed by atoms with Crippen molar-refractivity contribution in [3.63, 3.8) is 0 Å². The van der Waals surface area contributed by atoms with E-state index in [-0.39, 0.29) is 6.54 Å². The summed E-state index contributed by atoms with van der Waals surface area (Å²) in [5, 5.41) is 3.09. The van der Waals surface area contributed by atoms with Gasteiger partial charge >= 0.3 is 6.55 Å². The third-order valence-electron chi connectivity index (χ3n) is 2.90. The number of nitrogens with zero attached hydrogens (tertiary/aromatic N) is 3. The fourth-order valence-electron chi connectivity index (χ4n) is 1.90. The zero-order valence-corrected chi connectivity index (χ0v) is 10.7. The van der Waals surface area contributed by atoms with Gasteiger partial charge in [0.2, 0.25) is 0 Å². The first kappa shape index (κ1) is 13.6. The molecule has 2 rings (SSSR count). The minimum atomic E-state index is -2.56. The van der Waals surface area contributed by atoms with Crippen LogP contribution in [-0.2, 0) is 19.5 Å². The van der Waals surface area contributed by atoms with Crippen LogP contribution in [0.1, 0.15) is 30.6 Å². The molecule has 4 nitrogen and oxygen atoms in total. The van der Waals surface area contributed by atoms with Crippen molar-refractivity contribution in [3.05, 3.63) is 47.8 Å². The molecule has 0 fully saturated rings. The Labute approximate surface area is 110 Å². The zero-order chi connectivity index (χ0) is 13.7. The molecule has 6 heteroatoms. The predicted molar refractivity (Wildman–Crippen MR) is 67.6 cm³/mol. The highest BCUT2D eigenvalue weighted by Gasteiger charge is 2.10. The Balaban J connectivity index is 1.95. The van der Waals surface area contributed by atoms with Crippen molar-refractivity contribution >= 4 is 0 Å². The Kier molecular flexibility index (Phi) is 4.57. The second-order valence-corrected chi connectivity index (χ2v) is 4.09. The number of pyridine rings is 1. The molecule has 0 aliphatic carbocycles. The summed E-state index contributed by atoms with van der Waals surface area (Å²) in [6.07, 6.45) is 5.29.